The lowest BCUT2D eigenvalue weighted by Crippen LogP contribution is -2.41. The Hall–Kier alpha value is -1.66. The third-order valence-electron chi connectivity index (χ3n) is 3.67. The maximum Gasteiger partial charge on any atom is 0.234 e. The predicted octanol–water partition coefficient (Wildman–Crippen LogP) is 2.74. The van der Waals surface area contributed by atoms with E-state index in [-0.39, 0.29) is 18.0 Å². The SMILES string of the molecule is Cc1cnn(C[C@@H](C)NCC(=O)N[C@@H](c2cccs2)C(C)C)c1. The van der Waals surface area contributed by atoms with E-state index in [0.29, 0.717) is 12.5 Å². The van der Waals surface area contributed by atoms with Crippen LogP contribution in [0.2, 0.25) is 0 Å². The summed E-state index contributed by atoms with van der Waals surface area (Å²) < 4.78 is 1.90. The summed E-state index contributed by atoms with van der Waals surface area (Å²) >= 11 is 1.68. The Labute approximate surface area is 142 Å². The molecule has 0 bridgehead atoms. The molecule has 0 aliphatic heterocycles. The molecule has 2 rings (SSSR count). The van der Waals surface area contributed by atoms with E-state index in [1.807, 2.05) is 35.4 Å². The van der Waals surface area contributed by atoms with Crippen LogP contribution in [0.4, 0.5) is 0 Å². The van der Waals surface area contributed by atoms with Gasteiger partial charge in [-0.1, -0.05) is 19.9 Å². The van der Waals surface area contributed by atoms with E-state index < -0.39 is 0 Å². The summed E-state index contributed by atoms with van der Waals surface area (Å²) in [5.74, 6) is 0.391. The molecule has 0 fully saturated rings. The summed E-state index contributed by atoms with van der Waals surface area (Å²) in [5, 5.41) is 12.7. The van der Waals surface area contributed by atoms with Crippen LogP contribution in [-0.2, 0) is 11.3 Å². The van der Waals surface area contributed by atoms with E-state index in [0.717, 1.165) is 12.1 Å². The third-order valence-corrected chi connectivity index (χ3v) is 4.62. The number of hydrogen-bond acceptors (Lipinski definition) is 4. The first-order valence-corrected chi connectivity index (χ1v) is 8.89. The average Bonchev–Trinajstić information content (AvgIpc) is 3.14. The lowest BCUT2D eigenvalue weighted by Gasteiger charge is -2.22. The van der Waals surface area contributed by atoms with Crippen LogP contribution in [0.15, 0.2) is 29.9 Å². The first kappa shape index (κ1) is 17.7. The first-order valence-electron chi connectivity index (χ1n) is 8.01. The highest BCUT2D eigenvalue weighted by Gasteiger charge is 2.19. The number of aromatic nitrogens is 2. The van der Waals surface area contributed by atoms with Crippen molar-refractivity contribution >= 4 is 17.2 Å². The van der Waals surface area contributed by atoms with Crippen LogP contribution in [0.1, 0.15) is 37.3 Å². The van der Waals surface area contributed by atoms with E-state index in [9.17, 15) is 4.79 Å². The van der Waals surface area contributed by atoms with Crippen LogP contribution in [0.3, 0.4) is 0 Å². The Morgan fingerprint density at radius 1 is 1.39 bits per heavy atom. The Morgan fingerprint density at radius 2 is 2.17 bits per heavy atom. The van der Waals surface area contributed by atoms with Crippen molar-refractivity contribution in [1.82, 2.24) is 20.4 Å². The minimum atomic E-state index is 0.0283. The fourth-order valence-electron chi connectivity index (χ4n) is 2.44. The van der Waals surface area contributed by atoms with Gasteiger partial charge in [-0.2, -0.15) is 5.10 Å². The largest absolute Gasteiger partial charge is 0.347 e. The van der Waals surface area contributed by atoms with Crippen molar-refractivity contribution in [3.63, 3.8) is 0 Å². The van der Waals surface area contributed by atoms with Crippen LogP contribution in [0, 0.1) is 12.8 Å². The van der Waals surface area contributed by atoms with Crippen LogP contribution in [0.5, 0.6) is 0 Å². The maximum absolute atomic E-state index is 12.2. The number of nitrogens with zero attached hydrogens (tertiary/aromatic N) is 2. The van der Waals surface area contributed by atoms with Gasteiger partial charge in [0.05, 0.1) is 25.3 Å². The van der Waals surface area contributed by atoms with Gasteiger partial charge in [0.25, 0.3) is 0 Å². The second kappa shape index (κ2) is 8.26. The van der Waals surface area contributed by atoms with Gasteiger partial charge in [-0.25, -0.2) is 0 Å². The van der Waals surface area contributed by atoms with Crippen molar-refractivity contribution in [2.75, 3.05) is 6.54 Å². The summed E-state index contributed by atoms with van der Waals surface area (Å²) in [5.41, 5.74) is 1.14. The van der Waals surface area contributed by atoms with Crippen LogP contribution >= 0.6 is 11.3 Å². The van der Waals surface area contributed by atoms with Crippen molar-refractivity contribution < 1.29 is 4.79 Å². The summed E-state index contributed by atoms with van der Waals surface area (Å²) in [6.07, 6.45) is 3.84. The van der Waals surface area contributed by atoms with Gasteiger partial charge in [0.1, 0.15) is 0 Å². The van der Waals surface area contributed by atoms with Crippen molar-refractivity contribution in [3.8, 4) is 0 Å². The van der Waals surface area contributed by atoms with Crippen molar-refractivity contribution in [1.29, 1.82) is 0 Å². The van der Waals surface area contributed by atoms with Gasteiger partial charge in [-0.3, -0.25) is 9.48 Å². The van der Waals surface area contributed by atoms with Crippen LogP contribution < -0.4 is 10.6 Å². The van der Waals surface area contributed by atoms with Gasteiger partial charge >= 0.3 is 0 Å². The number of carbonyl (C=O) groups is 1. The molecule has 0 aliphatic carbocycles. The van der Waals surface area contributed by atoms with Crippen LogP contribution in [0.25, 0.3) is 0 Å². The zero-order valence-electron chi connectivity index (χ0n) is 14.2. The molecule has 126 valence electrons. The van der Waals surface area contributed by atoms with Crippen molar-refractivity contribution in [2.24, 2.45) is 5.92 Å². The summed E-state index contributed by atoms with van der Waals surface area (Å²) in [7, 11) is 0. The van der Waals surface area contributed by atoms with E-state index in [4.69, 9.17) is 0 Å². The van der Waals surface area contributed by atoms with Crippen molar-refractivity contribution in [2.45, 2.75) is 46.3 Å². The minimum absolute atomic E-state index is 0.0283. The molecule has 0 saturated heterocycles. The van der Waals surface area contributed by atoms with E-state index >= 15 is 0 Å². The molecule has 2 aromatic rings. The zero-order chi connectivity index (χ0) is 16.8. The highest BCUT2D eigenvalue weighted by Crippen LogP contribution is 2.25. The zero-order valence-corrected chi connectivity index (χ0v) is 15.1. The molecule has 2 N–H and O–H groups in total. The maximum atomic E-state index is 12.2. The number of thiophene rings is 1. The molecule has 2 aromatic heterocycles. The molecular formula is C17H26N4OS. The second-order valence-corrected chi connectivity index (χ2v) is 7.31. The highest BCUT2D eigenvalue weighted by atomic mass is 32.1. The van der Waals surface area contributed by atoms with Gasteiger partial charge in [-0.15, -0.1) is 11.3 Å². The summed E-state index contributed by atoms with van der Waals surface area (Å²) in [6.45, 7) is 9.40. The summed E-state index contributed by atoms with van der Waals surface area (Å²) in [6, 6.07) is 4.35. The molecule has 6 heteroatoms. The first-order chi connectivity index (χ1) is 11.0. The molecule has 2 heterocycles. The molecule has 23 heavy (non-hydrogen) atoms. The molecule has 0 aliphatic rings. The molecule has 1 amide bonds. The number of rotatable bonds is 8. The lowest BCUT2D eigenvalue weighted by molar-refractivity contribution is -0.121. The fraction of sp³-hybridized carbons (Fsp3) is 0.529. The van der Waals surface area contributed by atoms with E-state index in [1.54, 1.807) is 11.3 Å². The fourth-order valence-corrected chi connectivity index (χ4v) is 3.39. The molecule has 2 atom stereocenters. The quantitative estimate of drug-likeness (QED) is 0.780. The average molecular weight is 334 g/mol. The Kier molecular flexibility index (Phi) is 6.36. The predicted molar refractivity (Wildman–Crippen MR) is 94.5 cm³/mol. The van der Waals surface area contributed by atoms with E-state index in [2.05, 4.69) is 42.6 Å². The number of amides is 1. The standard InChI is InChI=1S/C17H26N4OS/c1-12(2)17(15-6-5-7-23-15)20-16(22)9-18-14(4)11-21-10-13(3)8-19-21/h5-8,10,12,14,17-18H,9,11H2,1-4H3,(H,20,22)/t14-,17-/m1/s1. The monoisotopic (exact) mass is 334 g/mol. The Balaban J connectivity index is 1.79. The smallest absolute Gasteiger partial charge is 0.234 e. The van der Waals surface area contributed by atoms with Crippen LogP contribution in [-0.4, -0.2) is 28.3 Å². The topological polar surface area (TPSA) is 59.0 Å². The number of nitrogens with one attached hydrogen (secondary N) is 2. The molecule has 0 radical (unpaired) electrons. The molecule has 0 aromatic carbocycles. The van der Waals surface area contributed by atoms with Gasteiger partial charge in [-0.05, 0) is 36.8 Å². The lowest BCUT2D eigenvalue weighted by atomic mass is 10.0. The van der Waals surface area contributed by atoms with Gasteiger partial charge in [0.2, 0.25) is 5.91 Å². The number of carbonyl (C=O) groups excluding carboxylic acids is 1. The van der Waals surface area contributed by atoms with Gasteiger partial charge < -0.3 is 10.6 Å². The van der Waals surface area contributed by atoms with Gasteiger partial charge in [0.15, 0.2) is 0 Å². The number of aryl methyl sites for hydroxylation is 1. The normalized spacial score (nSPS) is 14.0. The highest BCUT2D eigenvalue weighted by molar-refractivity contribution is 7.10. The molecule has 0 saturated carbocycles. The second-order valence-electron chi connectivity index (χ2n) is 6.33. The van der Waals surface area contributed by atoms with E-state index in [1.165, 1.54) is 4.88 Å². The third kappa shape index (κ3) is 5.48. The Morgan fingerprint density at radius 3 is 2.74 bits per heavy atom. The molecule has 0 unspecified atom stereocenters. The minimum Gasteiger partial charge on any atom is -0.347 e. The van der Waals surface area contributed by atoms with Gasteiger partial charge in [0, 0.05) is 17.1 Å². The van der Waals surface area contributed by atoms with Crippen molar-refractivity contribution in [3.05, 3.63) is 40.3 Å². The molecule has 0 spiro atoms. The molecular weight excluding hydrogens is 308 g/mol. The Bertz CT molecular complexity index is 606. The number of hydrogen-bond donors (Lipinski definition) is 2. The molecule has 5 nitrogen and oxygen atoms in total. The summed E-state index contributed by atoms with van der Waals surface area (Å²) in [4.78, 5) is 13.4.